The van der Waals surface area contributed by atoms with Crippen LogP contribution in [-0.2, 0) is 4.74 Å². The minimum atomic E-state index is -0.687. The number of esters is 1. The Morgan fingerprint density at radius 2 is 1.72 bits per heavy atom. The van der Waals surface area contributed by atoms with Crippen LogP contribution in [0.4, 0.5) is 0 Å². The molecule has 5 aromatic rings. The number of pyridine rings is 1. The molecule has 0 radical (unpaired) electrons. The van der Waals surface area contributed by atoms with Crippen molar-refractivity contribution in [2.24, 2.45) is 0 Å². The van der Waals surface area contributed by atoms with Gasteiger partial charge in [0.25, 0.3) is 0 Å². The van der Waals surface area contributed by atoms with Gasteiger partial charge in [0.2, 0.25) is 0 Å². The summed E-state index contributed by atoms with van der Waals surface area (Å²) in [7, 11) is 0. The second-order valence-corrected chi connectivity index (χ2v) is 9.72. The molecule has 36 heavy (non-hydrogen) atoms. The van der Waals surface area contributed by atoms with E-state index in [4.69, 9.17) is 25.7 Å². The normalized spacial score (nSPS) is 11.1. The zero-order chi connectivity index (χ0) is 24.9. The minimum Gasteiger partial charge on any atom is -0.462 e. The molecule has 0 aliphatic heterocycles. The Kier molecular flexibility index (Phi) is 7.35. The summed E-state index contributed by atoms with van der Waals surface area (Å²) >= 11 is 8.15. The number of fused-ring (bicyclic) bond motifs is 2. The van der Waals surface area contributed by atoms with Crippen LogP contribution in [0.2, 0.25) is 5.02 Å². The maximum atomic E-state index is 12.4. The van der Waals surface area contributed by atoms with Crippen LogP contribution in [0.1, 0.15) is 23.2 Å². The third-order valence-electron chi connectivity index (χ3n) is 5.72. The van der Waals surface area contributed by atoms with Gasteiger partial charge in [-0.3, -0.25) is 0 Å². The van der Waals surface area contributed by atoms with Gasteiger partial charge in [-0.1, -0.05) is 66.2 Å². The second-order valence-electron chi connectivity index (χ2n) is 8.18. The molecule has 0 aliphatic carbocycles. The molecule has 0 fully saturated rings. The Morgan fingerprint density at radius 3 is 2.61 bits per heavy atom. The van der Waals surface area contributed by atoms with E-state index in [1.807, 2.05) is 48.5 Å². The van der Waals surface area contributed by atoms with Gasteiger partial charge in [-0.15, -0.1) is 11.8 Å². The number of hydrogen-bond donors (Lipinski definition) is 0. The smallest absolute Gasteiger partial charge is 0.351 e. The van der Waals surface area contributed by atoms with Crippen molar-refractivity contribution in [2.45, 2.75) is 17.7 Å². The Labute approximate surface area is 217 Å². The molecular formula is C29H22ClNO4S. The molecule has 0 spiro atoms. The number of carbonyl (C=O) groups excluding carboxylic acids is 1. The third kappa shape index (κ3) is 5.30. The SMILES string of the molecule is O=C(OCCCCSc1cc(-c2ccccc2Cl)nc2ccccc12)c1cc2ccccc2oc1=O. The molecule has 3 aromatic carbocycles. The fraction of sp³-hybridized carbons (Fsp3) is 0.138. The highest BCUT2D eigenvalue weighted by molar-refractivity contribution is 7.99. The molecule has 0 saturated heterocycles. The van der Waals surface area contributed by atoms with E-state index in [2.05, 4.69) is 12.1 Å². The number of para-hydroxylation sites is 2. The molecule has 180 valence electrons. The zero-order valence-electron chi connectivity index (χ0n) is 19.3. The lowest BCUT2D eigenvalue weighted by Crippen LogP contribution is -2.17. The van der Waals surface area contributed by atoms with Crippen molar-refractivity contribution in [3.8, 4) is 11.3 Å². The monoisotopic (exact) mass is 515 g/mol. The van der Waals surface area contributed by atoms with E-state index in [1.54, 1.807) is 30.0 Å². The van der Waals surface area contributed by atoms with E-state index in [1.165, 1.54) is 6.07 Å². The lowest BCUT2D eigenvalue weighted by atomic mass is 10.1. The molecule has 5 nitrogen and oxygen atoms in total. The number of aromatic nitrogens is 1. The summed E-state index contributed by atoms with van der Waals surface area (Å²) in [5, 5.41) is 2.44. The molecule has 0 saturated carbocycles. The van der Waals surface area contributed by atoms with Crippen molar-refractivity contribution in [1.29, 1.82) is 0 Å². The lowest BCUT2D eigenvalue weighted by Gasteiger charge is -2.11. The van der Waals surface area contributed by atoms with Crippen LogP contribution >= 0.6 is 23.4 Å². The minimum absolute atomic E-state index is 0.0848. The van der Waals surface area contributed by atoms with Gasteiger partial charge in [-0.05, 0) is 48.9 Å². The van der Waals surface area contributed by atoms with E-state index in [0.717, 1.165) is 39.2 Å². The van der Waals surface area contributed by atoms with E-state index in [9.17, 15) is 9.59 Å². The van der Waals surface area contributed by atoms with E-state index in [0.29, 0.717) is 22.4 Å². The van der Waals surface area contributed by atoms with Gasteiger partial charge >= 0.3 is 11.6 Å². The highest BCUT2D eigenvalue weighted by atomic mass is 35.5. The van der Waals surface area contributed by atoms with Crippen molar-refractivity contribution in [1.82, 2.24) is 4.98 Å². The largest absolute Gasteiger partial charge is 0.462 e. The van der Waals surface area contributed by atoms with Crippen LogP contribution in [0.15, 0.2) is 99.0 Å². The molecule has 0 unspecified atom stereocenters. The number of halogens is 1. The van der Waals surface area contributed by atoms with Crippen LogP contribution in [0.3, 0.4) is 0 Å². The predicted molar refractivity (Wildman–Crippen MR) is 145 cm³/mol. The quantitative estimate of drug-likeness (QED) is 0.0928. The first-order valence-corrected chi connectivity index (χ1v) is 12.9. The number of benzene rings is 3. The number of rotatable bonds is 8. The summed E-state index contributed by atoms with van der Waals surface area (Å²) in [5.74, 6) is 0.178. The van der Waals surface area contributed by atoms with Gasteiger partial charge in [0.15, 0.2) is 0 Å². The number of unbranched alkanes of at least 4 members (excludes halogenated alkanes) is 1. The molecular weight excluding hydrogens is 494 g/mol. The molecule has 2 aromatic heterocycles. The molecule has 0 atom stereocenters. The Morgan fingerprint density at radius 1 is 0.944 bits per heavy atom. The topological polar surface area (TPSA) is 69.4 Å². The highest BCUT2D eigenvalue weighted by Gasteiger charge is 2.15. The first kappa shape index (κ1) is 24.1. The van der Waals surface area contributed by atoms with Crippen LogP contribution in [-0.4, -0.2) is 23.3 Å². The van der Waals surface area contributed by atoms with E-state index < -0.39 is 11.6 Å². The van der Waals surface area contributed by atoms with Crippen molar-refractivity contribution >= 4 is 51.2 Å². The zero-order valence-corrected chi connectivity index (χ0v) is 20.9. The molecule has 0 aliphatic rings. The van der Waals surface area contributed by atoms with Crippen LogP contribution in [0, 0.1) is 0 Å². The molecule has 0 bridgehead atoms. The van der Waals surface area contributed by atoms with Crippen LogP contribution < -0.4 is 5.63 Å². The molecule has 2 heterocycles. The summed E-state index contributed by atoms with van der Waals surface area (Å²) in [5.41, 5.74) is 2.33. The first-order valence-electron chi connectivity index (χ1n) is 11.6. The predicted octanol–water partition coefficient (Wildman–Crippen LogP) is 7.39. The Balaban J connectivity index is 1.20. The molecule has 0 amide bonds. The van der Waals surface area contributed by atoms with Crippen LogP contribution in [0.5, 0.6) is 0 Å². The van der Waals surface area contributed by atoms with E-state index in [-0.39, 0.29) is 12.2 Å². The van der Waals surface area contributed by atoms with Crippen LogP contribution in [0.25, 0.3) is 33.1 Å². The molecule has 5 rings (SSSR count). The second kappa shape index (κ2) is 11.0. The average Bonchev–Trinajstić information content (AvgIpc) is 2.90. The summed E-state index contributed by atoms with van der Waals surface area (Å²) in [6.45, 7) is 0.230. The first-order chi connectivity index (χ1) is 17.6. The third-order valence-corrected chi connectivity index (χ3v) is 7.19. The highest BCUT2D eigenvalue weighted by Crippen LogP contribution is 2.34. The number of thioether (sulfide) groups is 1. The fourth-order valence-electron chi connectivity index (χ4n) is 3.90. The number of carbonyl (C=O) groups is 1. The van der Waals surface area contributed by atoms with Gasteiger partial charge in [0.05, 0.1) is 17.8 Å². The van der Waals surface area contributed by atoms with Gasteiger partial charge < -0.3 is 9.15 Å². The summed E-state index contributed by atoms with van der Waals surface area (Å²) in [6.07, 6.45) is 1.51. The van der Waals surface area contributed by atoms with Crippen molar-refractivity contribution in [2.75, 3.05) is 12.4 Å². The van der Waals surface area contributed by atoms with Gasteiger partial charge in [-0.2, -0.15) is 0 Å². The molecule has 0 N–H and O–H groups in total. The maximum absolute atomic E-state index is 12.4. The van der Waals surface area contributed by atoms with Gasteiger partial charge in [0, 0.05) is 26.3 Å². The van der Waals surface area contributed by atoms with Gasteiger partial charge in [-0.25, -0.2) is 14.6 Å². The van der Waals surface area contributed by atoms with Crippen molar-refractivity contribution in [3.63, 3.8) is 0 Å². The fourth-order valence-corrected chi connectivity index (χ4v) is 5.23. The average molecular weight is 516 g/mol. The Bertz CT molecular complexity index is 1610. The Hall–Kier alpha value is -3.61. The summed E-state index contributed by atoms with van der Waals surface area (Å²) < 4.78 is 10.6. The van der Waals surface area contributed by atoms with Crippen molar-refractivity contribution < 1.29 is 13.9 Å². The number of nitrogens with zero attached hydrogens (tertiary/aromatic N) is 1. The van der Waals surface area contributed by atoms with E-state index >= 15 is 0 Å². The maximum Gasteiger partial charge on any atom is 0.351 e. The number of ether oxygens (including phenoxy) is 1. The summed E-state index contributed by atoms with van der Waals surface area (Å²) in [4.78, 5) is 30.5. The molecule has 7 heteroatoms. The lowest BCUT2D eigenvalue weighted by molar-refractivity contribution is 0.0495. The summed E-state index contributed by atoms with van der Waals surface area (Å²) in [6, 6.07) is 26.4. The van der Waals surface area contributed by atoms with Crippen molar-refractivity contribution in [3.05, 3.63) is 106 Å². The standard InChI is InChI=1S/C29H22ClNO4S/c30-23-12-4-2-10-20(23)25-18-27(21-11-3-5-13-24(21)31-25)36-16-8-7-15-34-28(32)22-17-19-9-1-6-14-26(19)35-29(22)33/h1-6,9-14,17-18H,7-8,15-16H2. The van der Waals surface area contributed by atoms with Gasteiger partial charge in [0.1, 0.15) is 11.1 Å². The number of hydrogen-bond acceptors (Lipinski definition) is 6.